The molecule has 2 amide bonds. The van der Waals surface area contributed by atoms with Gasteiger partial charge in [0.2, 0.25) is 0 Å². The Bertz CT molecular complexity index is 714. The first-order valence-electron chi connectivity index (χ1n) is 8.97. The summed E-state index contributed by atoms with van der Waals surface area (Å²) < 4.78 is 1.86. The number of amides is 2. The smallest absolute Gasteiger partial charge is 0.319 e. The third kappa shape index (κ3) is 3.39. The van der Waals surface area contributed by atoms with Crippen LogP contribution in [0.3, 0.4) is 0 Å². The highest BCUT2D eigenvalue weighted by atomic mass is 16.3. The topological polar surface area (TPSA) is 79.2 Å². The molecule has 2 aliphatic carbocycles. The lowest BCUT2D eigenvalue weighted by Gasteiger charge is -2.30. The van der Waals surface area contributed by atoms with Crippen LogP contribution in [-0.4, -0.2) is 33.6 Å². The summed E-state index contributed by atoms with van der Waals surface area (Å²) >= 11 is 0. The number of fused-ring (bicyclic) bond motifs is 2. The van der Waals surface area contributed by atoms with Gasteiger partial charge >= 0.3 is 6.03 Å². The molecular weight excluding hydrogens is 316 g/mol. The molecule has 0 aliphatic heterocycles. The number of carbonyl (C=O) groups excluding carboxylic acids is 1. The number of benzene rings is 1. The number of aliphatic hydroxyl groups is 1. The summed E-state index contributed by atoms with van der Waals surface area (Å²) in [6.45, 7) is 0.872. The maximum atomic E-state index is 12.3. The highest BCUT2D eigenvalue weighted by Crippen LogP contribution is 2.48. The van der Waals surface area contributed by atoms with Gasteiger partial charge in [-0.2, -0.15) is 5.10 Å². The molecule has 1 aromatic heterocycles. The van der Waals surface area contributed by atoms with E-state index >= 15 is 0 Å². The van der Waals surface area contributed by atoms with Crippen LogP contribution in [0.5, 0.6) is 0 Å². The Morgan fingerprint density at radius 2 is 2.04 bits per heavy atom. The zero-order chi connectivity index (χ0) is 17.2. The van der Waals surface area contributed by atoms with Crippen molar-refractivity contribution >= 4 is 11.7 Å². The van der Waals surface area contributed by atoms with E-state index in [0.29, 0.717) is 18.4 Å². The van der Waals surface area contributed by atoms with Crippen LogP contribution < -0.4 is 10.6 Å². The molecular formula is C19H24N4O2. The predicted molar refractivity (Wildman–Crippen MR) is 95.1 cm³/mol. The molecule has 6 nitrogen and oxygen atoms in total. The molecule has 4 atom stereocenters. The van der Waals surface area contributed by atoms with Gasteiger partial charge in [0.25, 0.3) is 0 Å². The number of aliphatic hydroxyl groups excluding tert-OH is 1. The van der Waals surface area contributed by atoms with Gasteiger partial charge in [0.15, 0.2) is 0 Å². The van der Waals surface area contributed by atoms with Gasteiger partial charge in [-0.1, -0.05) is 12.1 Å². The average molecular weight is 340 g/mol. The van der Waals surface area contributed by atoms with E-state index < -0.39 is 0 Å². The summed E-state index contributed by atoms with van der Waals surface area (Å²) in [5, 5.41) is 19.8. The van der Waals surface area contributed by atoms with Crippen LogP contribution in [0.25, 0.3) is 0 Å². The van der Waals surface area contributed by atoms with Gasteiger partial charge in [-0.15, -0.1) is 0 Å². The van der Waals surface area contributed by atoms with Crippen molar-refractivity contribution in [1.29, 1.82) is 0 Å². The van der Waals surface area contributed by atoms with Gasteiger partial charge in [0.1, 0.15) is 0 Å². The minimum Gasteiger partial charge on any atom is -0.396 e. The number of rotatable bonds is 5. The highest BCUT2D eigenvalue weighted by molar-refractivity contribution is 5.89. The van der Waals surface area contributed by atoms with E-state index in [1.807, 2.05) is 41.2 Å². The van der Waals surface area contributed by atoms with Gasteiger partial charge in [-0.05, 0) is 54.9 Å². The minimum absolute atomic E-state index is 0.0999. The number of urea groups is 1. The van der Waals surface area contributed by atoms with Gasteiger partial charge in [0, 0.05) is 36.6 Å². The van der Waals surface area contributed by atoms with Crippen molar-refractivity contribution in [1.82, 2.24) is 15.1 Å². The second-order valence-corrected chi connectivity index (χ2v) is 7.20. The van der Waals surface area contributed by atoms with E-state index in [0.717, 1.165) is 24.1 Å². The van der Waals surface area contributed by atoms with Crippen molar-refractivity contribution in [2.75, 3.05) is 11.9 Å². The molecule has 4 rings (SSSR count). The second-order valence-electron chi connectivity index (χ2n) is 7.20. The van der Waals surface area contributed by atoms with Crippen LogP contribution in [-0.2, 0) is 6.54 Å². The molecule has 1 heterocycles. The summed E-state index contributed by atoms with van der Waals surface area (Å²) in [5.41, 5.74) is 1.90. The lowest BCUT2D eigenvalue weighted by atomic mass is 9.85. The Balaban J connectivity index is 1.33. The monoisotopic (exact) mass is 340 g/mol. The van der Waals surface area contributed by atoms with Gasteiger partial charge < -0.3 is 15.7 Å². The van der Waals surface area contributed by atoms with Crippen molar-refractivity contribution < 1.29 is 9.90 Å². The molecule has 2 bridgehead atoms. The van der Waals surface area contributed by atoms with E-state index in [-0.39, 0.29) is 24.6 Å². The zero-order valence-electron chi connectivity index (χ0n) is 14.1. The fourth-order valence-corrected chi connectivity index (χ4v) is 4.49. The molecule has 0 saturated heterocycles. The Kier molecular flexibility index (Phi) is 4.44. The van der Waals surface area contributed by atoms with E-state index in [1.165, 1.54) is 6.42 Å². The van der Waals surface area contributed by atoms with E-state index in [2.05, 4.69) is 15.7 Å². The first-order valence-corrected chi connectivity index (χ1v) is 8.97. The maximum absolute atomic E-state index is 12.3. The first-order chi connectivity index (χ1) is 12.2. The summed E-state index contributed by atoms with van der Waals surface area (Å²) in [6.07, 6.45) is 7.17. The minimum atomic E-state index is -0.184. The summed E-state index contributed by atoms with van der Waals surface area (Å²) in [4.78, 5) is 12.3. The fourth-order valence-electron chi connectivity index (χ4n) is 4.49. The summed E-state index contributed by atoms with van der Waals surface area (Å²) in [5.74, 6) is 1.30. The van der Waals surface area contributed by atoms with E-state index in [1.54, 1.807) is 6.20 Å². The highest BCUT2D eigenvalue weighted by Gasteiger charge is 2.47. The molecule has 25 heavy (non-hydrogen) atoms. The van der Waals surface area contributed by atoms with Crippen LogP contribution in [0.1, 0.15) is 24.8 Å². The van der Waals surface area contributed by atoms with Crippen LogP contribution >= 0.6 is 0 Å². The van der Waals surface area contributed by atoms with Gasteiger partial charge in [-0.3, -0.25) is 4.68 Å². The Morgan fingerprint density at radius 3 is 2.76 bits per heavy atom. The second kappa shape index (κ2) is 6.88. The Labute approximate surface area is 147 Å². The number of carbonyl (C=O) groups is 1. The van der Waals surface area contributed by atoms with Crippen LogP contribution in [0.15, 0.2) is 42.7 Å². The predicted octanol–water partition coefficient (Wildman–Crippen LogP) is 2.46. The zero-order valence-corrected chi connectivity index (χ0v) is 14.1. The lowest BCUT2D eigenvalue weighted by molar-refractivity contribution is 0.146. The van der Waals surface area contributed by atoms with Crippen LogP contribution in [0.2, 0.25) is 0 Å². The van der Waals surface area contributed by atoms with Crippen molar-refractivity contribution in [3.8, 4) is 0 Å². The molecule has 6 heteroatoms. The maximum Gasteiger partial charge on any atom is 0.319 e. The largest absolute Gasteiger partial charge is 0.396 e. The molecule has 132 valence electrons. The Hall–Kier alpha value is -2.34. The van der Waals surface area contributed by atoms with Crippen molar-refractivity contribution in [2.24, 2.45) is 17.8 Å². The number of nitrogens with one attached hydrogen (secondary N) is 2. The quantitative estimate of drug-likeness (QED) is 0.782. The average Bonchev–Trinajstić information content (AvgIpc) is 3.34. The number of nitrogens with zero attached hydrogens (tertiary/aromatic N) is 2. The van der Waals surface area contributed by atoms with E-state index in [9.17, 15) is 9.90 Å². The number of hydrogen-bond acceptors (Lipinski definition) is 3. The molecule has 0 radical (unpaired) electrons. The van der Waals surface area contributed by atoms with Crippen LogP contribution in [0.4, 0.5) is 10.5 Å². The molecule has 0 unspecified atom stereocenters. The molecule has 2 saturated carbocycles. The third-order valence-corrected chi connectivity index (χ3v) is 5.71. The SMILES string of the molecule is O=C(Nc1ccc(Cn2cccn2)cc1)N[C@H]1[C@H]2CC[C@@H](C2)[C@H]1CO. The van der Waals surface area contributed by atoms with E-state index in [4.69, 9.17) is 0 Å². The number of anilines is 1. The lowest BCUT2D eigenvalue weighted by Crippen LogP contribution is -2.46. The molecule has 3 N–H and O–H groups in total. The molecule has 0 spiro atoms. The molecule has 2 aromatic rings. The first kappa shape index (κ1) is 16.1. The van der Waals surface area contributed by atoms with Crippen molar-refractivity contribution in [3.63, 3.8) is 0 Å². The van der Waals surface area contributed by atoms with Crippen molar-refractivity contribution in [3.05, 3.63) is 48.3 Å². The summed E-state index contributed by atoms with van der Waals surface area (Å²) in [7, 11) is 0. The number of hydrogen-bond donors (Lipinski definition) is 3. The molecule has 1 aromatic carbocycles. The van der Waals surface area contributed by atoms with Gasteiger partial charge in [0.05, 0.1) is 6.54 Å². The summed E-state index contributed by atoms with van der Waals surface area (Å²) in [6, 6.07) is 9.61. The third-order valence-electron chi connectivity index (χ3n) is 5.71. The van der Waals surface area contributed by atoms with Crippen molar-refractivity contribution in [2.45, 2.75) is 31.8 Å². The molecule has 2 aliphatic rings. The number of aromatic nitrogens is 2. The molecule has 2 fully saturated rings. The normalized spacial score (nSPS) is 27.4. The van der Waals surface area contributed by atoms with Gasteiger partial charge in [-0.25, -0.2) is 4.79 Å². The standard InChI is InChI=1S/C19H24N4O2/c24-12-17-14-4-5-15(10-14)18(17)22-19(25)21-16-6-2-13(3-7-16)11-23-9-1-8-20-23/h1-3,6-9,14-15,17-18,24H,4-5,10-12H2,(H2,21,22,25)/t14-,15-,17+,18-/m0/s1. The van der Waals surface area contributed by atoms with Crippen LogP contribution in [0, 0.1) is 17.8 Å². The Morgan fingerprint density at radius 1 is 1.24 bits per heavy atom. The fraction of sp³-hybridized carbons (Fsp3) is 0.474.